The number of ether oxygens (including phenoxy) is 2. The standard InChI is InChI=1S/C35H25ClN2O5/c1-19-6-13-26-21(16-19)10-15-29-35(24-4-2-3-5-25(24)37-34(35)41)30(32(39)22-9-14-27-28(17-22)43-18-42-27)31(38(26)29)33(40)20-7-11-23(36)12-8-20/h2-17,29-31H,18H2,1H3,(H,37,41)/t29-,30-,31-,35+/m0/s1. The molecule has 1 amide bonds. The minimum Gasteiger partial charge on any atom is -0.454 e. The van der Waals surface area contributed by atoms with Crippen molar-refractivity contribution in [3.8, 4) is 11.5 Å². The molecule has 4 aromatic rings. The van der Waals surface area contributed by atoms with Crippen molar-refractivity contribution in [1.29, 1.82) is 0 Å². The maximum Gasteiger partial charge on any atom is 0.238 e. The van der Waals surface area contributed by atoms with E-state index >= 15 is 0 Å². The summed E-state index contributed by atoms with van der Waals surface area (Å²) in [4.78, 5) is 46.2. The Bertz CT molecular complexity index is 1900. The number of rotatable bonds is 4. The van der Waals surface area contributed by atoms with Crippen molar-refractivity contribution in [1.82, 2.24) is 0 Å². The number of hydrogen-bond acceptors (Lipinski definition) is 6. The molecule has 0 radical (unpaired) electrons. The minimum absolute atomic E-state index is 0.0602. The maximum absolute atomic E-state index is 15.0. The van der Waals surface area contributed by atoms with E-state index in [4.69, 9.17) is 21.1 Å². The van der Waals surface area contributed by atoms with Crippen LogP contribution in [0.4, 0.5) is 11.4 Å². The third-order valence-corrected chi connectivity index (χ3v) is 9.38. The quantitative estimate of drug-likeness (QED) is 0.284. The van der Waals surface area contributed by atoms with Gasteiger partial charge in [-0.1, -0.05) is 53.6 Å². The van der Waals surface area contributed by atoms with E-state index in [9.17, 15) is 14.4 Å². The van der Waals surface area contributed by atoms with Gasteiger partial charge in [-0.15, -0.1) is 0 Å². The summed E-state index contributed by atoms with van der Waals surface area (Å²) in [7, 11) is 0. The molecule has 4 atom stereocenters. The molecule has 212 valence electrons. The van der Waals surface area contributed by atoms with Gasteiger partial charge in [-0.05, 0) is 78.7 Å². The molecule has 43 heavy (non-hydrogen) atoms. The predicted octanol–water partition coefficient (Wildman–Crippen LogP) is 6.23. The highest BCUT2D eigenvalue weighted by Gasteiger charge is 2.70. The number of nitrogens with one attached hydrogen (secondary N) is 1. The Morgan fingerprint density at radius 3 is 2.51 bits per heavy atom. The van der Waals surface area contributed by atoms with E-state index < -0.39 is 23.4 Å². The Labute approximate surface area is 252 Å². The van der Waals surface area contributed by atoms with Gasteiger partial charge in [-0.25, -0.2) is 0 Å². The summed E-state index contributed by atoms with van der Waals surface area (Å²) >= 11 is 6.19. The first-order valence-corrected chi connectivity index (χ1v) is 14.5. The van der Waals surface area contributed by atoms with Crippen molar-refractivity contribution in [2.24, 2.45) is 5.92 Å². The monoisotopic (exact) mass is 588 g/mol. The molecule has 4 heterocycles. The van der Waals surface area contributed by atoms with E-state index in [2.05, 4.69) is 5.32 Å². The fourth-order valence-corrected chi connectivity index (χ4v) is 7.44. The van der Waals surface area contributed by atoms with E-state index in [0.717, 1.165) is 16.8 Å². The number of halogens is 1. The summed E-state index contributed by atoms with van der Waals surface area (Å²) in [6.45, 7) is 2.07. The SMILES string of the molecule is Cc1ccc2c(c1)C=C[C@@H]1N2[C@H](C(=O)c2ccc(Cl)cc2)[C@@H](C(=O)c2ccc3c(c2)OCO3)[C@]12C(=O)Nc1ccccc12. The van der Waals surface area contributed by atoms with Gasteiger partial charge in [0.15, 0.2) is 23.1 Å². The number of Topliss-reactive ketones (excluding diaryl/α,β-unsaturated/α-hetero) is 2. The normalized spacial score (nSPS) is 24.0. The van der Waals surface area contributed by atoms with Crippen molar-refractivity contribution in [3.63, 3.8) is 0 Å². The molecule has 0 saturated carbocycles. The summed E-state index contributed by atoms with van der Waals surface area (Å²) in [6, 6.07) is 23.5. The van der Waals surface area contributed by atoms with Crippen LogP contribution in [-0.2, 0) is 10.2 Å². The topological polar surface area (TPSA) is 84.9 Å². The van der Waals surface area contributed by atoms with Gasteiger partial charge in [-0.2, -0.15) is 0 Å². The van der Waals surface area contributed by atoms with Crippen molar-refractivity contribution < 1.29 is 23.9 Å². The van der Waals surface area contributed by atoms with E-state index in [1.165, 1.54) is 0 Å². The lowest BCUT2D eigenvalue weighted by Crippen LogP contribution is -2.51. The summed E-state index contributed by atoms with van der Waals surface area (Å²) in [5.74, 6) is -0.991. The fourth-order valence-electron chi connectivity index (χ4n) is 7.31. The van der Waals surface area contributed by atoms with Crippen LogP contribution in [0, 0.1) is 12.8 Å². The highest BCUT2D eigenvalue weighted by molar-refractivity contribution is 6.30. The molecule has 4 aromatic carbocycles. The van der Waals surface area contributed by atoms with Crippen LogP contribution in [-0.4, -0.2) is 36.4 Å². The van der Waals surface area contributed by atoms with Gasteiger partial charge < -0.3 is 19.7 Å². The number of aryl methyl sites for hydroxylation is 1. The lowest BCUT2D eigenvalue weighted by Gasteiger charge is -2.37. The Morgan fingerprint density at radius 1 is 0.907 bits per heavy atom. The molecule has 1 N–H and O–H groups in total. The van der Waals surface area contributed by atoms with Gasteiger partial charge in [0.2, 0.25) is 12.7 Å². The third-order valence-electron chi connectivity index (χ3n) is 9.13. The third kappa shape index (κ3) is 3.58. The van der Waals surface area contributed by atoms with Crippen molar-refractivity contribution in [3.05, 3.63) is 124 Å². The van der Waals surface area contributed by atoms with E-state index in [1.54, 1.807) is 42.5 Å². The first-order valence-electron chi connectivity index (χ1n) is 14.1. The average molecular weight is 589 g/mol. The van der Waals surface area contributed by atoms with Crippen LogP contribution in [0.2, 0.25) is 5.02 Å². The lowest BCUT2D eigenvalue weighted by molar-refractivity contribution is -0.121. The van der Waals surface area contributed by atoms with Crippen molar-refractivity contribution in [2.75, 3.05) is 17.0 Å². The van der Waals surface area contributed by atoms with Gasteiger partial charge in [0.25, 0.3) is 0 Å². The zero-order valence-corrected chi connectivity index (χ0v) is 23.8. The van der Waals surface area contributed by atoms with Crippen LogP contribution in [0.1, 0.15) is 37.4 Å². The molecular weight excluding hydrogens is 564 g/mol. The number of ketones is 2. The molecule has 1 spiro atoms. The number of nitrogens with zero attached hydrogens (tertiary/aromatic N) is 1. The highest BCUT2D eigenvalue weighted by atomic mass is 35.5. The number of benzene rings is 4. The number of para-hydroxylation sites is 1. The summed E-state index contributed by atoms with van der Waals surface area (Å²) in [5.41, 5.74) is 3.46. The first-order chi connectivity index (χ1) is 20.9. The number of amides is 1. The molecule has 7 nitrogen and oxygen atoms in total. The van der Waals surface area contributed by atoms with E-state index in [0.29, 0.717) is 38.9 Å². The zero-order chi connectivity index (χ0) is 29.5. The Morgan fingerprint density at radius 2 is 1.67 bits per heavy atom. The Hall–Kier alpha value is -4.88. The number of carbonyl (C=O) groups is 3. The van der Waals surface area contributed by atoms with Gasteiger partial charge in [0.05, 0.1) is 12.0 Å². The highest BCUT2D eigenvalue weighted by Crippen LogP contribution is 2.58. The maximum atomic E-state index is 15.0. The molecule has 4 aliphatic heterocycles. The average Bonchev–Trinajstić information content (AvgIpc) is 3.69. The van der Waals surface area contributed by atoms with E-state index in [1.807, 2.05) is 66.4 Å². The zero-order valence-electron chi connectivity index (χ0n) is 23.0. The molecule has 0 aromatic heterocycles. The summed E-state index contributed by atoms with van der Waals surface area (Å²) in [5, 5.41) is 3.55. The second kappa shape index (κ2) is 9.31. The predicted molar refractivity (Wildman–Crippen MR) is 163 cm³/mol. The number of fused-ring (bicyclic) bond motifs is 7. The molecule has 8 heteroatoms. The molecule has 4 aliphatic rings. The summed E-state index contributed by atoms with van der Waals surface area (Å²) in [6.07, 6.45) is 3.97. The van der Waals surface area contributed by atoms with Crippen LogP contribution in [0.25, 0.3) is 6.08 Å². The molecule has 1 saturated heterocycles. The second-order valence-electron chi connectivity index (χ2n) is 11.4. The van der Waals surface area contributed by atoms with E-state index in [-0.39, 0.29) is 24.3 Å². The lowest BCUT2D eigenvalue weighted by atomic mass is 9.64. The van der Waals surface area contributed by atoms with Crippen molar-refractivity contribution >= 4 is 46.5 Å². The molecule has 0 bridgehead atoms. The Kier molecular flexibility index (Phi) is 5.59. The van der Waals surface area contributed by atoms with Crippen LogP contribution >= 0.6 is 11.6 Å². The van der Waals surface area contributed by atoms with Crippen LogP contribution in [0.3, 0.4) is 0 Å². The smallest absolute Gasteiger partial charge is 0.238 e. The number of hydrogen-bond donors (Lipinski definition) is 1. The van der Waals surface area contributed by atoms with Crippen molar-refractivity contribution in [2.45, 2.75) is 24.4 Å². The fraction of sp³-hybridized carbons (Fsp3) is 0.171. The van der Waals surface area contributed by atoms with Gasteiger partial charge in [0.1, 0.15) is 11.5 Å². The molecule has 8 rings (SSSR count). The van der Waals surface area contributed by atoms with Gasteiger partial charge in [-0.3, -0.25) is 14.4 Å². The largest absolute Gasteiger partial charge is 0.454 e. The molecular formula is C35H25ClN2O5. The van der Waals surface area contributed by atoms with Crippen LogP contribution < -0.4 is 19.7 Å². The van der Waals surface area contributed by atoms with Crippen LogP contribution in [0.15, 0.2) is 91.0 Å². The molecule has 1 fully saturated rings. The van der Waals surface area contributed by atoms with Gasteiger partial charge >= 0.3 is 0 Å². The Balaban J connectivity index is 1.41. The number of carbonyl (C=O) groups excluding carboxylic acids is 3. The first kappa shape index (κ1) is 25.8. The summed E-state index contributed by atoms with van der Waals surface area (Å²) < 4.78 is 11.1. The molecule has 0 unspecified atom stereocenters. The minimum atomic E-state index is -1.39. The van der Waals surface area contributed by atoms with Crippen LogP contribution in [0.5, 0.6) is 11.5 Å². The number of anilines is 2. The molecule has 0 aliphatic carbocycles. The second-order valence-corrected chi connectivity index (χ2v) is 11.8. The van der Waals surface area contributed by atoms with Gasteiger partial charge in [0, 0.05) is 27.5 Å².